The molecule has 0 radical (unpaired) electrons. The molecule has 0 unspecified atom stereocenters. The molecule has 0 spiro atoms. The van der Waals surface area contributed by atoms with E-state index in [0.717, 1.165) is 38.5 Å². The fourth-order valence-electron chi connectivity index (χ4n) is 3.31. The Labute approximate surface area is 198 Å². The zero-order chi connectivity index (χ0) is 23.7. The quantitative estimate of drug-likeness (QED) is 0.334. The molecule has 0 bridgehead atoms. The van der Waals surface area contributed by atoms with Gasteiger partial charge in [0.1, 0.15) is 11.5 Å². The highest BCUT2D eigenvalue weighted by Gasteiger charge is 2.13. The van der Waals surface area contributed by atoms with Crippen molar-refractivity contribution in [2.24, 2.45) is 0 Å². The van der Waals surface area contributed by atoms with Crippen LogP contribution in [0.2, 0.25) is 0 Å². The van der Waals surface area contributed by atoms with Gasteiger partial charge in [0.2, 0.25) is 0 Å². The molecule has 0 aliphatic carbocycles. The van der Waals surface area contributed by atoms with Crippen LogP contribution in [0.1, 0.15) is 79.5 Å². The maximum Gasteiger partial charge on any atom is 0.255 e. The van der Waals surface area contributed by atoms with Crippen molar-refractivity contribution < 1.29 is 19.1 Å². The summed E-state index contributed by atoms with van der Waals surface area (Å²) in [6.45, 7) is 6.41. The van der Waals surface area contributed by atoms with E-state index in [9.17, 15) is 9.59 Å². The van der Waals surface area contributed by atoms with Gasteiger partial charge in [-0.1, -0.05) is 63.8 Å². The van der Waals surface area contributed by atoms with Crippen molar-refractivity contribution >= 4 is 11.8 Å². The highest BCUT2D eigenvalue weighted by atomic mass is 16.5. The van der Waals surface area contributed by atoms with Crippen molar-refractivity contribution in [3.8, 4) is 11.5 Å². The minimum atomic E-state index is -0.168. The van der Waals surface area contributed by atoms with Crippen LogP contribution in [0.4, 0.5) is 0 Å². The van der Waals surface area contributed by atoms with Crippen LogP contribution in [0.3, 0.4) is 0 Å². The number of rotatable bonds is 16. The standard InChI is InChI=1S/C27H38N2O4/c1-3-5-11-20-32-24-16-9-7-14-22(24)26(30)28-18-13-19-29-27(31)23-15-8-10-17-25(23)33-21-12-6-4-2/h7-10,14-17H,3-6,11-13,18-21H2,1-2H3,(H,28,30)(H,29,31). The van der Waals surface area contributed by atoms with E-state index in [0.29, 0.717) is 55.4 Å². The fourth-order valence-corrected chi connectivity index (χ4v) is 3.31. The molecule has 0 aromatic heterocycles. The number of carbonyl (C=O) groups is 2. The van der Waals surface area contributed by atoms with Crippen molar-refractivity contribution in [1.82, 2.24) is 10.6 Å². The number of hydrogen-bond donors (Lipinski definition) is 2. The van der Waals surface area contributed by atoms with Gasteiger partial charge >= 0.3 is 0 Å². The predicted molar refractivity (Wildman–Crippen MR) is 132 cm³/mol. The van der Waals surface area contributed by atoms with Crippen LogP contribution in [0.15, 0.2) is 48.5 Å². The topological polar surface area (TPSA) is 76.7 Å². The van der Waals surface area contributed by atoms with Crippen molar-refractivity contribution in [1.29, 1.82) is 0 Å². The average molecular weight is 455 g/mol. The Morgan fingerprint density at radius 1 is 0.636 bits per heavy atom. The molecule has 0 saturated carbocycles. The lowest BCUT2D eigenvalue weighted by atomic mass is 10.1. The summed E-state index contributed by atoms with van der Waals surface area (Å²) >= 11 is 0. The minimum Gasteiger partial charge on any atom is -0.493 e. The molecule has 6 nitrogen and oxygen atoms in total. The lowest BCUT2D eigenvalue weighted by Gasteiger charge is -2.13. The summed E-state index contributed by atoms with van der Waals surface area (Å²) in [4.78, 5) is 25.1. The highest BCUT2D eigenvalue weighted by molar-refractivity contribution is 5.97. The predicted octanol–water partition coefficient (Wildman–Crippen LogP) is 5.37. The Balaban J connectivity index is 1.74. The first-order valence-electron chi connectivity index (χ1n) is 12.2. The number of ether oxygens (including phenoxy) is 2. The lowest BCUT2D eigenvalue weighted by Crippen LogP contribution is -2.30. The van der Waals surface area contributed by atoms with Crippen molar-refractivity contribution in [2.75, 3.05) is 26.3 Å². The number of carbonyl (C=O) groups excluding carboxylic acids is 2. The van der Waals surface area contributed by atoms with E-state index < -0.39 is 0 Å². The molecule has 0 atom stereocenters. The maximum atomic E-state index is 12.6. The number of nitrogens with one attached hydrogen (secondary N) is 2. The summed E-state index contributed by atoms with van der Waals surface area (Å²) < 4.78 is 11.6. The lowest BCUT2D eigenvalue weighted by molar-refractivity contribution is 0.0948. The first-order chi connectivity index (χ1) is 16.2. The SMILES string of the molecule is CCCCCOc1ccccc1C(=O)NCCCNC(=O)c1ccccc1OCCCCC. The second-order valence-electron chi connectivity index (χ2n) is 7.97. The van der Waals surface area contributed by atoms with Gasteiger partial charge in [-0.05, 0) is 43.5 Å². The highest BCUT2D eigenvalue weighted by Crippen LogP contribution is 2.19. The Morgan fingerprint density at radius 3 is 1.48 bits per heavy atom. The fraction of sp³-hybridized carbons (Fsp3) is 0.481. The Morgan fingerprint density at radius 2 is 1.06 bits per heavy atom. The number of benzene rings is 2. The molecule has 2 N–H and O–H groups in total. The van der Waals surface area contributed by atoms with E-state index in [2.05, 4.69) is 24.5 Å². The van der Waals surface area contributed by atoms with E-state index in [1.165, 1.54) is 0 Å². The summed E-state index contributed by atoms with van der Waals surface area (Å²) in [6.07, 6.45) is 7.03. The molecule has 0 aliphatic rings. The Bertz CT molecular complexity index is 784. The van der Waals surface area contributed by atoms with Gasteiger partial charge in [-0.3, -0.25) is 9.59 Å². The van der Waals surface area contributed by atoms with Crippen molar-refractivity contribution in [3.63, 3.8) is 0 Å². The number of para-hydroxylation sites is 2. The average Bonchev–Trinajstić information content (AvgIpc) is 2.84. The molecule has 0 saturated heterocycles. The molecular formula is C27H38N2O4. The molecule has 0 fully saturated rings. The smallest absolute Gasteiger partial charge is 0.255 e. The maximum absolute atomic E-state index is 12.6. The third-order valence-electron chi connectivity index (χ3n) is 5.20. The first-order valence-corrected chi connectivity index (χ1v) is 12.2. The minimum absolute atomic E-state index is 0.168. The molecule has 2 aromatic carbocycles. The monoisotopic (exact) mass is 454 g/mol. The van der Waals surface area contributed by atoms with Crippen molar-refractivity contribution in [3.05, 3.63) is 59.7 Å². The molecule has 2 aromatic rings. The molecular weight excluding hydrogens is 416 g/mol. The largest absolute Gasteiger partial charge is 0.493 e. The molecule has 2 rings (SSSR count). The van der Waals surface area contributed by atoms with Gasteiger partial charge in [-0.25, -0.2) is 0 Å². The Hall–Kier alpha value is -3.02. The van der Waals surface area contributed by atoms with Gasteiger partial charge < -0.3 is 20.1 Å². The van der Waals surface area contributed by atoms with E-state index in [4.69, 9.17) is 9.47 Å². The summed E-state index contributed by atoms with van der Waals surface area (Å²) in [6, 6.07) is 14.6. The van der Waals surface area contributed by atoms with E-state index in [1.54, 1.807) is 12.1 Å². The summed E-state index contributed by atoms with van der Waals surface area (Å²) in [5, 5.41) is 5.82. The van der Waals surface area contributed by atoms with Gasteiger partial charge in [0.05, 0.1) is 24.3 Å². The molecule has 2 amide bonds. The van der Waals surface area contributed by atoms with Gasteiger partial charge in [-0.15, -0.1) is 0 Å². The van der Waals surface area contributed by atoms with E-state index >= 15 is 0 Å². The number of unbranched alkanes of at least 4 members (excludes halogenated alkanes) is 4. The normalized spacial score (nSPS) is 10.5. The number of hydrogen-bond acceptors (Lipinski definition) is 4. The third-order valence-corrected chi connectivity index (χ3v) is 5.20. The molecule has 6 heteroatoms. The summed E-state index contributed by atoms with van der Waals surface area (Å²) in [7, 11) is 0. The Kier molecular flexibility index (Phi) is 12.5. The second kappa shape index (κ2) is 15.7. The molecule has 0 aliphatic heterocycles. The summed E-state index contributed by atoms with van der Waals surface area (Å²) in [5.74, 6) is 0.876. The van der Waals surface area contributed by atoms with Crippen LogP contribution in [0, 0.1) is 0 Å². The van der Waals surface area contributed by atoms with Crippen LogP contribution in [-0.2, 0) is 0 Å². The van der Waals surface area contributed by atoms with Gasteiger partial charge in [-0.2, -0.15) is 0 Å². The zero-order valence-electron chi connectivity index (χ0n) is 20.0. The zero-order valence-corrected chi connectivity index (χ0v) is 20.0. The second-order valence-corrected chi connectivity index (χ2v) is 7.97. The van der Waals surface area contributed by atoms with Gasteiger partial charge in [0.15, 0.2) is 0 Å². The van der Waals surface area contributed by atoms with Crippen molar-refractivity contribution in [2.45, 2.75) is 58.8 Å². The summed E-state index contributed by atoms with van der Waals surface area (Å²) in [5.41, 5.74) is 1.07. The molecule has 33 heavy (non-hydrogen) atoms. The van der Waals surface area contributed by atoms with Crippen LogP contribution in [0.5, 0.6) is 11.5 Å². The van der Waals surface area contributed by atoms with Gasteiger partial charge in [0.25, 0.3) is 11.8 Å². The van der Waals surface area contributed by atoms with Crippen LogP contribution in [-0.4, -0.2) is 38.1 Å². The first kappa shape index (κ1) is 26.2. The number of amides is 2. The van der Waals surface area contributed by atoms with E-state index in [1.807, 2.05) is 36.4 Å². The third kappa shape index (κ3) is 9.56. The molecule has 180 valence electrons. The van der Waals surface area contributed by atoms with Crippen LogP contribution < -0.4 is 20.1 Å². The van der Waals surface area contributed by atoms with Crippen LogP contribution >= 0.6 is 0 Å². The van der Waals surface area contributed by atoms with Gasteiger partial charge in [0, 0.05) is 13.1 Å². The van der Waals surface area contributed by atoms with Crippen LogP contribution in [0.25, 0.3) is 0 Å². The molecule has 0 heterocycles. The van der Waals surface area contributed by atoms with E-state index in [-0.39, 0.29) is 11.8 Å².